The zero-order valence-electron chi connectivity index (χ0n) is 11.1. The van der Waals surface area contributed by atoms with Gasteiger partial charge >= 0.3 is 0 Å². The number of nitrogens with two attached hydrogens (primary N) is 1. The number of hydrogen-bond acceptors (Lipinski definition) is 5. The number of anilines is 3. The second-order valence-electron chi connectivity index (χ2n) is 4.99. The van der Waals surface area contributed by atoms with Crippen LogP contribution >= 0.6 is 23.2 Å². The van der Waals surface area contributed by atoms with Crippen molar-refractivity contribution in [3.8, 4) is 0 Å². The molecule has 3 rings (SSSR count). The summed E-state index contributed by atoms with van der Waals surface area (Å²) in [5, 5.41) is 1.04. The molecule has 1 aliphatic rings. The molecule has 0 aliphatic carbocycles. The van der Waals surface area contributed by atoms with Gasteiger partial charge in [-0.1, -0.05) is 23.2 Å². The van der Waals surface area contributed by atoms with E-state index in [1.54, 1.807) is 6.07 Å². The van der Waals surface area contributed by atoms with E-state index in [9.17, 15) is 9.59 Å². The van der Waals surface area contributed by atoms with Crippen LogP contribution in [0.15, 0.2) is 27.8 Å². The highest BCUT2D eigenvalue weighted by molar-refractivity contribution is 6.42. The van der Waals surface area contributed by atoms with Gasteiger partial charge < -0.3 is 15.5 Å². The third-order valence-electron chi connectivity index (χ3n) is 3.79. The van der Waals surface area contributed by atoms with E-state index in [4.69, 9.17) is 28.9 Å². The first kappa shape index (κ1) is 14.2. The third-order valence-corrected chi connectivity index (χ3v) is 4.52. The van der Waals surface area contributed by atoms with Crippen molar-refractivity contribution >= 4 is 40.3 Å². The zero-order chi connectivity index (χ0) is 15.1. The van der Waals surface area contributed by atoms with E-state index in [1.165, 1.54) is 0 Å². The van der Waals surface area contributed by atoms with Crippen LogP contribution in [0.3, 0.4) is 0 Å². The van der Waals surface area contributed by atoms with Crippen molar-refractivity contribution in [3.63, 3.8) is 0 Å². The van der Waals surface area contributed by atoms with Crippen molar-refractivity contribution in [1.82, 2.24) is 0 Å². The maximum Gasteiger partial charge on any atom is 0.253 e. The van der Waals surface area contributed by atoms with Gasteiger partial charge in [-0.2, -0.15) is 0 Å². The molecule has 1 aliphatic heterocycles. The van der Waals surface area contributed by atoms with Crippen LogP contribution in [-0.2, 0) is 0 Å². The summed E-state index contributed by atoms with van der Waals surface area (Å²) in [6, 6.07) is 5.50. The van der Waals surface area contributed by atoms with Crippen molar-refractivity contribution in [2.24, 2.45) is 0 Å². The first-order chi connectivity index (χ1) is 9.99. The topological polar surface area (TPSA) is 66.6 Å². The summed E-state index contributed by atoms with van der Waals surface area (Å²) in [6.07, 6.45) is 0. The third kappa shape index (κ3) is 2.36. The van der Waals surface area contributed by atoms with E-state index in [2.05, 4.69) is 4.90 Å². The summed E-state index contributed by atoms with van der Waals surface area (Å²) < 4.78 is 0. The number of piperazine rings is 1. The molecule has 2 aromatic rings. The largest absolute Gasteiger partial charge is 0.394 e. The Labute approximate surface area is 131 Å². The fourth-order valence-electron chi connectivity index (χ4n) is 2.58. The summed E-state index contributed by atoms with van der Waals surface area (Å²) in [4.78, 5) is 26.7. The minimum absolute atomic E-state index is 0.0861. The van der Waals surface area contributed by atoms with Gasteiger partial charge in [0, 0.05) is 31.9 Å². The van der Waals surface area contributed by atoms with Gasteiger partial charge in [-0.25, -0.2) is 0 Å². The van der Waals surface area contributed by atoms with E-state index in [-0.39, 0.29) is 5.69 Å². The SMILES string of the molecule is Nc1c(N2CCN(c3ccc(Cl)c(Cl)c3)CC2)c(=O)c1=O. The smallest absolute Gasteiger partial charge is 0.253 e. The highest BCUT2D eigenvalue weighted by Crippen LogP contribution is 2.28. The number of hydrogen-bond donors (Lipinski definition) is 1. The molecule has 2 N–H and O–H groups in total. The molecule has 2 aromatic carbocycles. The number of nitrogens with zero attached hydrogens (tertiary/aromatic N) is 2. The van der Waals surface area contributed by atoms with Crippen LogP contribution in [-0.4, -0.2) is 26.2 Å². The minimum atomic E-state index is -0.572. The molecular weight excluding hydrogens is 313 g/mol. The number of halogens is 2. The molecular formula is C14H13Cl2N3O2. The average Bonchev–Trinajstić information content (AvgIpc) is 2.50. The van der Waals surface area contributed by atoms with Gasteiger partial charge in [0.15, 0.2) is 0 Å². The van der Waals surface area contributed by atoms with Crippen LogP contribution < -0.4 is 26.4 Å². The molecule has 0 radical (unpaired) electrons. The Morgan fingerprint density at radius 2 is 1.52 bits per heavy atom. The summed E-state index contributed by atoms with van der Waals surface area (Å²) >= 11 is 11.9. The second kappa shape index (κ2) is 5.24. The van der Waals surface area contributed by atoms with Gasteiger partial charge in [-0.3, -0.25) is 9.59 Å². The predicted molar refractivity (Wildman–Crippen MR) is 86.7 cm³/mol. The molecule has 5 nitrogen and oxygen atoms in total. The lowest BCUT2D eigenvalue weighted by atomic mass is 10.1. The molecule has 0 spiro atoms. The molecule has 21 heavy (non-hydrogen) atoms. The van der Waals surface area contributed by atoms with Gasteiger partial charge in [0.2, 0.25) is 0 Å². The first-order valence-electron chi connectivity index (χ1n) is 6.53. The Morgan fingerprint density at radius 1 is 0.905 bits per heavy atom. The highest BCUT2D eigenvalue weighted by atomic mass is 35.5. The van der Waals surface area contributed by atoms with E-state index in [0.29, 0.717) is 28.8 Å². The highest BCUT2D eigenvalue weighted by Gasteiger charge is 2.27. The van der Waals surface area contributed by atoms with Crippen LogP contribution in [0.4, 0.5) is 17.1 Å². The monoisotopic (exact) mass is 325 g/mol. The lowest BCUT2D eigenvalue weighted by Gasteiger charge is -2.37. The molecule has 0 bridgehead atoms. The Bertz CT molecular complexity index is 760. The van der Waals surface area contributed by atoms with Gasteiger partial charge in [-0.05, 0) is 18.2 Å². The fourth-order valence-corrected chi connectivity index (χ4v) is 2.87. The maximum absolute atomic E-state index is 11.5. The number of nitrogen functional groups attached to an aromatic ring is 1. The molecule has 0 saturated carbocycles. The molecule has 1 fully saturated rings. The minimum Gasteiger partial charge on any atom is -0.394 e. The lowest BCUT2D eigenvalue weighted by molar-refractivity contribution is 0.651. The standard InChI is InChI=1S/C14H13Cl2N3O2/c15-9-2-1-8(7-10(9)16)18-3-5-19(6-4-18)12-11(17)13(20)14(12)21/h1-2,7H,3-6,17H2. The Hall–Kier alpha value is -1.72. The fraction of sp³-hybridized carbons (Fsp3) is 0.286. The Morgan fingerprint density at radius 3 is 2.10 bits per heavy atom. The van der Waals surface area contributed by atoms with Crippen LogP contribution in [0, 0.1) is 0 Å². The Kier molecular flexibility index (Phi) is 3.55. The van der Waals surface area contributed by atoms with Gasteiger partial charge in [0.05, 0.1) is 10.0 Å². The average molecular weight is 326 g/mol. The molecule has 0 aromatic heterocycles. The van der Waals surface area contributed by atoms with Gasteiger partial charge in [0.25, 0.3) is 10.9 Å². The number of benzene rings is 1. The number of rotatable bonds is 2. The molecule has 7 heteroatoms. The molecule has 0 atom stereocenters. The normalized spacial score (nSPS) is 15.7. The van der Waals surface area contributed by atoms with Gasteiger partial charge in [0.1, 0.15) is 11.4 Å². The first-order valence-corrected chi connectivity index (χ1v) is 7.28. The maximum atomic E-state index is 11.5. The molecule has 1 saturated heterocycles. The van der Waals surface area contributed by atoms with Crippen molar-refractivity contribution < 1.29 is 0 Å². The van der Waals surface area contributed by atoms with E-state index >= 15 is 0 Å². The summed E-state index contributed by atoms with van der Waals surface area (Å²) in [5.41, 5.74) is 5.99. The van der Waals surface area contributed by atoms with E-state index in [1.807, 2.05) is 17.0 Å². The second-order valence-corrected chi connectivity index (χ2v) is 5.81. The van der Waals surface area contributed by atoms with E-state index in [0.717, 1.165) is 18.8 Å². The van der Waals surface area contributed by atoms with Crippen LogP contribution in [0.2, 0.25) is 10.0 Å². The van der Waals surface area contributed by atoms with Gasteiger partial charge in [-0.15, -0.1) is 0 Å². The quantitative estimate of drug-likeness (QED) is 0.847. The van der Waals surface area contributed by atoms with Crippen LogP contribution in [0.5, 0.6) is 0 Å². The molecule has 110 valence electrons. The molecule has 0 amide bonds. The van der Waals surface area contributed by atoms with Crippen molar-refractivity contribution in [2.45, 2.75) is 0 Å². The summed E-state index contributed by atoms with van der Waals surface area (Å²) in [5.74, 6) is 0. The van der Waals surface area contributed by atoms with E-state index < -0.39 is 10.9 Å². The Balaban J connectivity index is 1.72. The van der Waals surface area contributed by atoms with Crippen molar-refractivity contribution in [3.05, 3.63) is 48.7 Å². The summed E-state index contributed by atoms with van der Waals surface area (Å²) in [7, 11) is 0. The van der Waals surface area contributed by atoms with Crippen molar-refractivity contribution in [2.75, 3.05) is 41.7 Å². The van der Waals surface area contributed by atoms with Crippen molar-refractivity contribution in [1.29, 1.82) is 0 Å². The predicted octanol–water partition coefficient (Wildman–Crippen LogP) is 1.50. The molecule has 1 heterocycles. The lowest BCUT2D eigenvalue weighted by Crippen LogP contribution is -2.51. The van der Waals surface area contributed by atoms with Crippen LogP contribution in [0.25, 0.3) is 0 Å². The molecule has 0 unspecified atom stereocenters. The summed E-state index contributed by atoms with van der Waals surface area (Å²) in [6.45, 7) is 2.71. The van der Waals surface area contributed by atoms with Crippen LogP contribution in [0.1, 0.15) is 0 Å². The zero-order valence-corrected chi connectivity index (χ0v) is 12.6.